The van der Waals surface area contributed by atoms with E-state index in [1.807, 2.05) is 0 Å². The fourth-order valence-electron chi connectivity index (χ4n) is 0.969. The maximum Gasteiger partial charge on any atom is 0.515 e. The van der Waals surface area contributed by atoms with Gasteiger partial charge in [-0.2, -0.15) is 4.37 Å². The number of carbonyl (C=O) groups excluding carboxylic acids is 2. The van der Waals surface area contributed by atoms with E-state index in [-0.39, 0.29) is 18.1 Å². The summed E-state index contributed by atoms with van der Waals surface area (Å²) in [6.45, 7) is 1.84. The Morgan fingerprint density at radius 2 is 2.18 bits per heavy atom. The van der Waals surface area contributed by atoms with Crippen molar-refractivity contribution < 1.29 is 23.8 Å². The number of nitrogens with zero attached hydrogens (tertiary/aromatic N) is 1. The van der Waals surface area contributed by atoms with Gasteiger partial charge in [-0.25, -0.2) is 9.59 Å². The summed E-state index contributed by atoms with van der Waals surface area (Å²) < 4.78 is 18.5. The summed E-state index contributed by atoms with van der Waals surface area (Å²) in [6, 6.07) is 0. The highest BCUT2D eigenvalue weighted by Crippen LogP contribution is 2.33. The largest absolute Gasteiger partial charge is 0.515 e. The summed E-state index contributed by atoms with van der Waals surface area (Å²) in [5, 5.41) is 0. The van der Waals surface area contributed by atoms with E-state index in [1.165, 1.54) is 18.9 Å². The molecule has 1 aromatic rings. The summed E-state index contributed by atoms with van der Waals surface area (Å²) in [7, 11) is 1.25. The van der Waals surface area contributed by atoms with Crippen LogP contribution in [0.1, 0.15) is 17.3 Å². The predicted molar refractivity (Wildman–Crippen MR) is 62.9 cm³/mol. The molecule has 6 nitrogen and oxygen atoms in total. The summed E-state index contributed by atoms with van der Waals surface area (Å²) in [5.41, 5.74) is 0.151. The number of ether oxygens (including phenoxy) is 3. The van der Waals surface area contributed by atoms with Gasteiger partial charge in [-0.05, 0) is 24.7 Å². The zero-order valence-corrected chi connectivity index (χ0v) is 11.1. The first-order valence-electron chi connectivity index (χ1n) is 4.60. The van der Waals surface area contributed by atoms with Gasteiger partial charge < -0.3 is 14.2 Å². The van der Waals surface area contributed by atoms with Crippen LogP contribution in [-0.2, 0) is 9.47 Å². The van der Waals surface area contributed by atoms with E-state index in [0.29, 0.717) is 4.21 Å². The third-order valence-electron chi connectivity index (χ3n) is 1.65. The third kappa shape index (κ3) is 3.34. The number of aromatic nitrogens is 1. The summed E-state index contributed by atoms with van der Waals surface area (Å²) in [5.74, 6) is -0.674. The molecule has 0 fully saturated rings. The first-order chi connectivity index (χ1) is 8.13. The van der Waals surface area contributed by atoms with Crippen LogP contribution < -0.4 is 4.74 Å². The topological polar surface area (TPSA) is 74.7 Å². The minimum atomic E-state index is -0.893. The number of carbonyl (C=O) groups is 2. The maximum atomic E-state index is 11.5. The Morgan fingerprint density at radius 1 is 1.47 bits per heavy atom. The predicted octanol–water partition coefficient (Wildman–Crippen LogP) is 2.19. The van der Waals surface area contributed by atoms with E-state index in [4.69, 9.17) is 4.74 Å². The molecule has 0 N–H and O–H groups in total. The molecule has 0 aliphatic rings. The van der Waals surface area contributed by atoms with Gasteiger partial charge in [-0.1, -0.05) is 0 Å². The number of esters is 1. The first-order valence-corrected chi connectivity index (χ1v) is 6.60. The average molecular weight is 277 g/mol. The minimum absolute atomic E-state index is 0.0790. The average Bonchev–Trinajstić information content (AvgIpc) is 2.71. The van der Waals surface area contributed by atoms with Gasteiger partial charge in [0.15, 0.2) is 0 Å². The minimum Gasteiger partial charge on any atom is -0.465 e. The van der Waals surface area contributed by atoms with Crippen molar-refractivity contribution in [1.82, 2.24) is 4.37 Å². The molecule has 0 saturated carbocycles. The van der Waals surface area contributed by atoms with E-state index in [1.54, 1.807) is 13.2 Å². The fraction of sp³-hybridized carbons (Fsp3) is 0.444. The molecule has 0 aliphatic heterocycles. The van der Waals surface area contributed by atoms with Crippen LogP contribution in [0.15, 0.2) is 4.21 Å². The van der Waals surface area contributed by atoms with Crippen molar-refractivity contribution >= 4 is 35.4 Å². The molecule has 0 aromatic carbocycles. The number of thioether (sulfide) groups is 1. The quantitative estimate of drug-likeness (QED) is 0.616. The van der Waals surface area contributed by atoms with Crippen molar-refractivity contribution in [2.24, 2.45) is 0 Å². The molecule has 0 aliphatic carbocycles. The highest BCUT2D eigenvalue weighted by molar-refractivity contribution is 8.00. The molecule has 0 atom stereocenters. The lowest BCUT2D eigenvalue weighted by molar-refractivity contribution is 0.0591. The van der Waals surface area contributed by atoms with Gasteiger partial charge in [-0.15, -0.1) is 11.8 Å². The van der Waals surface area contributed by atoms with Crippen LogP contribution in [0.25, 0.3) is 0 Å². The van der Waals surface area contributed by atoms with Gasteiger partial charge in [0.1, 0.15) is 5.56 Å². The number of methoxy groups -OCH3 is 1. The zero-order chi connectivity index (χ0) is 12.8. The first kappa shape index (κ1) is 13.8. The van der Waals surface area contributed by atoms with E-state index >= 15 is 0 Å². The second-order valence-corrected chi connectivity index (χ2v) is 4.48. The summed E-state index contributed by atoms with van der Waals surface area (Å²) in [6.07, 6.45) is 0.893. The SMILES string of the molecule is CCOC(=O)Oc1nsc(SC)c1C(=O)OC. The van der Waals surface area contributed by atoms with Crippen LogP contribution in [0.3, 0.4) is 0 Å². The zero-order valence-electron chi connectivity index (χ0n) is 9.51. The lowest BCUT2D eigenvalue weighted by atomic mass is 10.3. The molecular formula is C9H11NO5S2. The number of rotatable bonds is 4. The van der Waals surface area contributed by atoms with Crippen molar-refractivity contribution in [3.8, 4) is 5.88 Å². The van der Waals surface area contributed by atoms with Crippen molar-refractivity contribution in [2.75, 3.05) is 20.0 Å². The van der Waals surface area contributed by atoms with Gasteiger partial charge in [0.2, 0.25) is 0 Å². The van der Waals surface area contributed by atoms with Crippen LogP contribution in [0.5, 0.6) is 5.88 Å². The Hall–Kier alpha value is -1.28. The van der Waals surface area contributed by atoms with Gasteiger partial charge in [0.05, 0.1) is 17.9 Å². The van der Waals surface area contributed by atoms with Crippen molar-refractivity contribution in [3.63, 3.8) is 0 Å². The van der Waals surface area contributed by atoms with E-state index in [9.17, 15) is 9.59 Å². The monoisotopic (exact) mass is 277 g/mol. The van der Waals surface area contributed by atoms with Crippen LogP contribution in [-0.4, -0.2) is 36.5 Å². The Bertz CT molecular complexity index is 418. The van der Waals surface area contributed by atoms with Crippen LogP contribution >= 0.6 is 23.3 Å². The molecule has 1 rings (SSSR count). The second kappa shape index (κ2) is 6.45. The molecule has 8 heteroatoms. The fourth-order valence-corrected chi connectivity index (χ4v) is 2.31. The normalized spacial score (nSPS) is 9.82. The van der Waals surface area contributed by atoms with Crippen LogP contribution in [0, 0.1) is 0 Å². The Balaban J connectivity index is 2.95. The lowest BCUT2D eigenvalue weighted by Gasteiger charge is -2.03. The molecule has 94 valence electrons. The standard InChI is InChI=1S/C9H11NO5S2/c1-4-14-9(12)15-6-5(7(11)13-2)8(16-3)17-10-6/h4H2,1-3H3. The Kier molecular flexibility index (Phi) is 5.23. The molecule has 0 unspecified atom stereocenters. The molecule has 0 radical (unpaired) electrons. The van der Waals surface area contributed by atoms with E-state index < -0.39 is 12.1 Å². The van der Waals surface area contributed by atoms with Crippen molar-refractivity contribution in [2.45, 2.75) is 11.1 Å². The highest BCUT2D eigenvalue weighted by Gasteiger charge is 2.24. The number of hydrogen-bond acceptors (Lipinski definition) is 8. The Labute approximate surface area is 106 Å². The lowest BCUT2D eigenvalue weighted by Crippen LogP contribution is -2.13. The molecule has 1 heterocycles. The highest BCUT2D eigenvalue weighted by atomic mass is 32.2. The second-order valence-electron chi connectivity index (χ2n) is 2.63. The molecular weight excluding hydrogens is 266 g/mol. The third-order valence-corrected chi connectivity index (χ3v) is 3.57. The smallest absolute Gasteiger partial charge is 0.465 e. The maximum absolute atomic E-state index is 11.5. The molecule has 0 bridgehead atoms. The van der Waals surface area contributed by atoms with E-state index in [2.05, 4.69) is 13.8 Å². The summed E-state index contributed by atoms with van der Waals surface area (Å²) in [4.78, 5) is 22.6. The molecule has 0 saturated heterocycles. The van der Waals surface area contributed by atoms with Gasteiger partial charge in [0.25, 0.3) is 5.88 Å². The van der Waals surface area contributed by atoms with E-state index in [0.717, 1.165) is 11.5 Å². The summed E-state index contributed by atoms with van der Waals surface area (Å²) >= 11 is 2.38. The van der Waals surface area contributed by atoms with Crippen molar-refractivity contribution in [1.29, 1.82) is 0 Å². The van der Waals surface area contributed by atoms with Gasteiger partial charge >= 0.3 is 12.1 Å². The van der Waals surface area contributed by atoms with Crippen LogP contribution in [0.4, 0.5) is 4.79 Å². The molecule has 17 heavy (non-hydrogen) atoms. The van der Waals surface area contributed by atoms with Gasteiger partial charge in [-0.3, -0.25) is 0 Å². The van der Waals surface area contributed by atoms with Gasteiger partial charge in [0, 0.05) is 0 Å². The molecule has 0 amide bonds. The van der Waals surface area contributed by atoms with Crippen LogP contribution in [0.2, 0.25) is 0 Å². The molecule has 1 aromatic heterocycles. The number of hydrogen-bond donors (Lipinski definition) is 0. The van der Waals surface area contributed by atoms with Crippen molar-refractivity contribution in [3.05, 3.63) is 5.56 Å². The Morgan fingerprint density at radius 3 is 2.71 bits per heavy atom. The molecule has 0 spiro atoms.